The molecule has 0 saturated heterocycles. The van der Waals surface area contributed by atoms with Crippen LogP contribution >= 0.6 is 11.8 Å². The van der Waals surface area contributed by atoms with Gasteiger partial charge in [-0.2, -0.15) is 11.8 Å². The number of rotatable bonds is 16. The van der Waals surface area contributed by atoms with Crippen molar-refractivity contribution in [2.45, 2.75) is 64.6 Å². The molecule has 0 aromatic carbocycles. The summed E-state index contributed by atoms with van der Waals surface area (Å²) < 4.78 is 0. The summed E-state index contributed by atoms with van der Waals surface area (Å²) in [5.41, 5.74) is 10.9. The second-order valence-electron chi connectivity index (χ2n) is 7.79. The maximum Gasteiger partial charge on any atom is 0.243 e. The molecule has 184 valence electrons. The highest BCUT2D eigenvalue weighted by atomic mass is 32.2. The van der Waals surface area contributed by atoms with Crippen molar-refractivity contribution in [2.75, 3.05) is 25.1 Å². The number of thioether (sulfide) groups is 1. The van der Waals surface area contributed by atoms with E-state index in [0.717, 1.165) is 0 Å². The molecule has 0 bridgehead atoms. The molecule has 0 aliphatic heterocycles. The molecule has 0 aliphatic rings. The Kier molecular flexibility index (Phi) is 15.1. The van der Waals surface area contributed by atoms with Crippen LogP contribution in [0.5, 0.6) is 0 Å². The molecule has 11 nitrogen and oxygen atoms in total. The predicted octanol–water partition coefficient (Wildman–Crippen LogP) is -1.40. The Hall–Kier alpha value is -2.34. The number of nitrogens with one attached hydrogen (secondary N) is 4. The lowest BCUT2D eigenvalue weighted by atomic mass is 10.0. The minimum atomic E-state index is -0.908. The molecular formula is C20H38N6O5S. The Balaban J connectivity index is 5.01. The van der Waals surface area contributed by atoms with Crippen LogP contribution in [0.1, 0.15) is 46.5 Å². The van der Waals surface area contributed by atoms with Gasteiger partial charge in [0.05, 0.1) is 6.54 Å². The topological polar surface area (TPSA) is 186 Å². The van der Waals surface area contributed by atoms with Gasteiger partial charge in [0.2, 0.25) is 29.5 Å². The number of amides is 5. The molecule has 0 heterocycles. The van der Waals surface area contributed by atoms with Gasteiger partial charge in [-0.3, -0.25) is 24.0 Å². The van der Waals surface area contributed by atoms with Gasteiger partial charge in [0.1, 0.15) is 18.1 Å². The highest BCUT2D eigenvalue weighted by Gasteiger charge is 2.27. The molecule has 5 amide bonds. The number of carbonyl (C=O) groups is 5. The van der Waals surface area contributed by atoms with Gasteiger partial charge in [0, 0.05) is 6.92 Å². The minimum Gasteiger partial charge on any atom is -0.368 e. The van der Waals surface area contributed by atoms with E-state index in [2.05, 4.69) is 21.3 Å². The van der Waals surface area contributed by atoms with E-state index in [1.165, 1.54) is 18.7 Å². The summed E-state index contributed by atoms with van der Waals surface area (Å²) in [4.78, 5) is 60.4. The van der Waals surface area contributed by atoms with E-state index < -0.39 is 41.8 Å². The second-order valence-corrected chi connectivity index (χ2v) is 8.78. The molecular weight excluding hydrogens is 436 g/mol. The molecule has 0 fully saturated rings. The third kappa shape index (κ3) is 12.5. The molecule has 0 radical (unpaired) electrons. The minimum absolute atomic E-state index is 0.219. The van der Waals surface area contributed by atoms with Crippen LogP contribution < -0.4 is 32.7 Å². The Bertz CT molecular complexity index is 646. The fourth-order valence-corrected chi connectivity index (χ4v) is 3.34. The zero-order chi connectivity index (χ0) is 24.7. The van der Waals surface area contributed by atoms with Crippen molar-refractivity contribution in [3.63, 3.8) is 0 Å². The van der Waals surface area contributed by atoms with Gasteiger partial charge < -0.3 is 32.7 Å². The van der Waals surface area contributed by atoms with Crippen LogP contribution in [0.3, 0.4) is 0 Å². The number of hydrogen-bond acceptors (Lipinski definition) is 7. The molecule has 0 aromatic rings. The number of nitrogens with two attached hydrogens (primary N) is 2. The van der Waals surface area contributed by atoms with E-state index in [0.29, 0.717) is 38.0 Å². The molecule has 0 unspecified atom stereocenters. The van der Waals surface area contributed by atoms with E-state index in [4.69, 9.17) is 11.5 Å². The summed E-state index contributed by atoms with van der Waals surface area (Å²) in [6.07, 6.45) is 3.86. The lowest BCUT2D eigenvalue weighted by molar-refractivity contribution is -0.133. The summed E-state index contributed by atoms with van der Waals surface area (Å²) in [5.74, 6) is -2.16. The van der Waals surface area contributed by atoms with Crippen LogP contribution in [0.2, 0.25) is 0 Å². The summed E-state index contributed by atoms with van der Waals surface area (Å²) in [7, 11) is 0. The third-order valence-corrected chi connectivity index (χ3v) is 5.24. The second kappa shape index (κ2) is 16.3. The Morgan fingerprint density at radius 1 is 0.906 bits per heavy atom. The summed E-state index contributed by atoms with van der Waals surface area (Å²) >= 11 is 1.53. The van der Waals surface area contributed by atoms with Gasteiger partial charge in [-0.15, -0.1) is 0 Å². The number of primary amides is 1. The molecule has 0 saturated carbocycles. The van der Waals surface area contributed by atoms with Gasteiger partial charge in [0.25, 0.3) is 0 Å². The van der Waals surface area contributed by atoms with Crippen LogP contribution in [0, 0.1) is 5.92 Å². The normalized spacial score (nSPS) is 13.6. The number of unbranched alkanes of at least 4 members (excludes halogenated alkanes) is 1. The van der Waals surface area contributed by atoms with E-state index in [-0.39, 0.29) is 18.4 Å². The molecule has 12 heteroatoms. The summed E-state index contributed by atoms with van der Waals surface area (Å²) in [5, 5.41) is 10.2. The number of carbonyl (C=O) groups excluding carboxylic acids is 5. The van der Waals surface area contributed by atoms with E-state index in [1.54, 1.807) is 13.8 Å². The van der Waals surface area contributed by atoms with Crippen molar-refractivity contribution in [2.24, 2.45) is 17.4 Å². The standard InChI is InChI=1S/C20H38N6O5S/c1-12(2)17(18(22)29)26-20(31)14(7-5-6-9-21)25-16(28)11-23-19(30)15(8-10-32-4)24-13(3)27/h12,14-15,17H,5-11,21H2,1-4H3,(H2,22,29)(H,23,30)(H,24,27)(H,25,28)(H,26,31)/t14-,15-,17-/m0/s1. The molecule has 0 spiro atoms. The van der Waals surface area contributed by atoms with Crippen molar-refractivity contribution in [3.05, 3.63) is 0 Å². The molecule has 32 heavy (non-hydrogen) atoms. The highest BCUT2D eigenvalue weighted by Crippen LogP contribution is 2.05. The fraction of sp³-hybridized carbons (Fsp3) is 0.750. The van der Waals surface area contributed by atoms with E-state index in [1.807, 2.05) is 6.26 Å². The van der Waals surface area contributed by atoms with Gasteiger partial charge in [-0.25, -0.2) is 0 Å². The zero-order valence-electron chi connectivity index (χ0n) is 19.4. The van der Waals surface area contributed by atoms with Gasteiger partial charge in [-0.05, 0) is 50.2 Å². The van der Waals surface area contributed by atoms with Crippen molar-refractivity contribution >= 4 is 41.3 Å². The van der Waals surface area contributed by atoms with Crippen LogP contribution in [-0.4, -0.2) is 72.8 Å². The van der Waals surface area contributed by atoms with E-state index >= 15 is 0 Å². The van der Waals surface area contributed by atoms with Crippen LogP contribution in [0.4, 0.5) is 0 Å². The first-order valence-corrected chi connectivity index (χ1v) is 12.1. The maximum absolute atomic E-state index is 12.7. The molecule has 3 atom stereocenters. The van der Waals surface area contributed by atoms with Crippen molar-refractivity contribution in [1.29, 1.82) is 0 Å². The van der Waals surface area contributed by atoms with Crippen molar-refractivity contribution in [3.8, 4) is 0 Å². The van der Waals surface area contributed by atoms with Gasteiger partial charge >= 0.3 is 0 Å². The van der Waals surface area contributed by atoms with Crippen LogP contribution in [0.25, 0.3) is 0 Å². The van der Waals surface area contributed by atoms with Crippen LogP contribution in [0.15, 0.2) is 0 Å². The largest absolute Gasteiger partial charge is 0.368 e. The zero-order valence-corrected chi connectivity index (χ0v) is 20.2. The lowest BCUT2D eigenvalue weighted by Crippen LogP contribution is -2.56. The SMILES string of the molecule is CSCC[C@H](NC(C)=O)C(=O)NCC(=O)N[C@@H](CCCCN)C(=O)N[C@H](C(N)=O)C(C)C. The first-order chi connectivity index (χ1) is 15.0. The summed E-state index contributed by atoms with van der Waals surface area (Å²) in [6.45, 7) is 4.88. The first kappa shape index (κ1) is 29.7. The average molecular weight is 475 g/mol. The predicted molar refractivity (Wildman–Crippen MR) is 124 cm³/mol. The Morgan fingerprint density at radius 2 is 1.53 bits per heavy atom. The maximum atomic E-state index is 12.7. The van der Waals surface area contributed by atoms with Crippen molar-refractivity contribution < 1.29 is 24.0 Å². The molecule has 0 rings (SSSR count). The Labute approximate surface area is 193 Å². The van der Waals surface area contributed by atoms with E-state index in [9.17, 15) is 24.0 Å². The first-order valence-electron chi connectivity index (χ1n) is 10.7. The fourth-order valence-electron chi connectivity index (χ4n) is 2.87. The van der Waals surface area contributed by atoms with Gasteiger partial charge in [-0.1, -0.05) is 13.8 Å². The highest BCUT2D eigenvalue weighted by molar-refractivity contribution is 7.98. The summed E-state index contributed by atoms with van der Waals surface area (Å²) in [6, 6.07) is -2.53. The Morgan fingerprint density at radius 3 is 2.03 bits per heavy atom. The van der Waals surface area contributed by atoms with Gasteiger partial charge in [0.15, 0.2) is 0 Å². The lowest BCUT2D eigenvalue weighted by Gasteiger charge is -2.24. The smallest absolute Gasteiger partial charge is 0.243 e. The third-order valence-electron chi connectivity index (χ3n) is 4.60. The van der Waals surface area contributed by atoms with Crippen LogP contribution in [-0.2, 0) is 24.0 Å². The molecule has 0 aliphatic carbocycles. The average Bonchev–Trinajstić information content (AvgIpc) is 2.71. The molecule has 0 aromatic heterocycles. The monoisotopic (exact) mass is 474 g/mol. The number of hydrogen-bond donors (Lipinski definition) is 6. The molecule has 8 N–H and O–H groups in total. The quantitative estimate of drug-likeness (QED) is 0.148. The van der Waals surface area contributed by atoms with Crippen molar-refractivity contribution in [1.82, 2.24) is 21.3 Å².